The molecule has 0 atom stereocenters. The molecule has 0 saturated carbocycles. The molecule has 0 bridgehead atoms. The molecule has 88 valence electrons. The van der Waals surface area contributed by atoms with E-state index in [0.29, 0.717) is 0 Å². The Hall–Kier alpha value is -2.34. The van der Waals surface area contributed by atoms with Crippen LogP contribution < -0.4 is 0 Å². The number of rotatable bonds is 4. The van der Waals surface area contributed by atoms with Crippen molar-refractivity contribution in [2.24, 2.45) is 0 Å². The first-order valence-electron chi connectivity index (χ1n) is 5.85. The lowest BCUT2D eigenvalue weighted by atomic mass is 9.96. The fourth-order valence-corrected chi connectivity index (χ4v) is 2.13. The van der Waals surface area contributed by atoms with Gasteiger partial charge < -0.3 is 0 Å². The van der Waals surface area contributed by atoms with Crippen LogP contribution in [0.2, 0.25) is 0 Å². The summed E-state index contributed by atoms with van der Waals surface area (Å²) in [6.45, 7) is 15.4. The summed E-state index contributed by atoms with van der Waals surface area (Å²) in [5.41, 5.74) is 4.38. The van der Waals surface area contributed by atoms with Gasteiger partial charge in [0.1, 0.15) is 0 Å². The molecule has 0 aliphatic carbocycles. The number of benzene rings is 2. The van der Waals surface area contributed by atoms with Gasteiger partial charge in [-0.2, -0.15) is 0 Å². The van der Waals surface area contributed by atoms with E-state index in [9.17, 15) is 0 Å². The van der Waals surface area contributed by atoms with Gasteiger partial charge in [-0.15, -0.1) is 0 Å². The Kier molecular flexibility index (Phi) is 3.29. The van der Waals surface area contributed by atoms with Crippen LogP contribution in [0.3, 0.4) is 0 Å². The van der Waals surface area contributed by atoms with Gasteiger partial charge in [0, 0.05) is 0 Å². The zero-order valence-corrected chi connectivity index (χ0v) is 10.4. The van der Waals surface area contributed by atoms with Gasteiger partial charge in [-0.05, 0) is 57.3 Å². The van der Waals surface area contributed by atoms with E-state index in [2.05, 4.69) is 50.6 Å². The molecule has 0 aliphatic rings. The fourth-order valence-electron chi connectivity index (χ4n) is 2.13. The number of hydrogen-bond donors (Lipinski definition) is 0. The van der Waals surface area contributed by atoms with E-state index < -0.39 is 0 Å². The molecule has 0 nitrogen and oxygen atoms in total. The molecule has 0 N–H and O–H groups in total. The van der Waals surface area contributed by atoms with Crippen LogP contribution in [0.25, 0.3) is 35.1 Å². The van der Waals surface area contributed by atoms with Crippen LogP contribution in [0.5, 0.6) is 0 Å². The maximum Gasteiger partial charge on any atom is -0.0171 e. The van der Waals surface area contributed by atoms with Crippen molar-refractivity contribution < 1.29 is 0 Å². The summed E-state index contributed by atoms with van der Waals surface area (Å²) >= 11 is 0. The Balaban J connectivity index is 2.84. The molecule has 2 rings (SSSR count). The van der Waals surface area contributed by atoms with Crippen LogP contribution in [-0.2, 0) is 0 Å². The molecule has 0 amide bonds. The molecule has 0 fully saturated rings. The summed E-state index contributed by atoms with van der Waals surface area (Å²) in [6, 6.07) is 8.50. The highest BCUT2D eigenvalue weighted by molar-refractivity contribution is 5.92. The maximum absolute atomic E-state index is 3.84. The third-order valence-electron chi connectivity index (χ3n) is 3.12. The smallest absolute Gasteiger partial charge is 0.0171 e. The van der Waals surface area contributed by atoms with Crippen LogP contribution in [-0.4, -0.2) is 0 Å². The standard InChI is InChI=1S/C18H16/c1-5-13-9-17-11-15(7-3)16(8-4)12-18(17)10-14(13)6-2/h5-12H,1-4H2. The van der Waals surface area contributed by atoms with Crippen molar-refractivity contribution in [3.05, 3.63) is 72.8 Å². The molecule has 2 aromatic rings. The Morgan fingerprint density at radius 3 is 0.889 bits per heavy atom. The Bertz CT molecular complexity index is 544. The van der Waals surface area contributed by atoms with E-state index in [1.54, 1.807) is 0 Å². The van der Waals surface area contributed by atoms with Crippen LogP contribution in [0.15, 0.2) is 50.6 Å². The lowest BCUT2D eigenvalue weighted by Crippen LogP contribution is -1.86. The van der Waals surface area contributed by atoms with Crippen LogP contribution >= 0.6 is 0 Å². The lowest BCUT2D eigenvalue weighted by Gasteiger charge is -2.08. The minimum Gasteiger partial charge on any atom is -0.0984 e. The zero-order chi connectivity index (χ0) is 13.1. The van der Waals surface area contributed by atoms with E-state index in [1.165, 1.54) is 10.8 Å². The summed E-state index contributed by atoms with van der Waals surface area (Å²) in [4.78, 5) is 0. The first-order chi connectivity index (χ1) is 8.73. The second kappa shape index (κ2) is 4.89. The quantitative estimate of drug-likeness (QED) is 0.661. The van der Waals surface area contributed by atoms with Gasteiger partial charge in [-0.25, -0.2) is 0 Å². The molecule has 0 spiro atoms. The predicted molar refractivity (Wildman–Crippen MR) is 84.3 cm³/mol. The van der Waals surface area contributed by atoms with Gasteiger partial charge in [0.25, 0.3) is 0 Å². The van der Waals surface area contributed by atoms with E-state index >= 15 is 0 Å². The second-order valence-electron chi connectivity index (χ2n) is 4.13. The summed E-state index contributed by atoms with van der Waals surface area (Å²) in [5.74, 6) is 0. The highest BCUT2D eigenvalue weighted by Gasteiger charge is 2.03. The molecule has 0 unspecified atom stereocenters. The SMILES string of the molecule is C=Cc1cc2cc(C=C)c(C=C)cc2cc1C=C. The van der Waals surface area contributed by atoms with Crippen molar-refractivity contribution in [2.45, 2.75) is 0 Å². The number of hydrogen-bond acceptors (Lipinski definition) is 0. The zero-order valence-electron chi connectivity index (χ0n) is 10.4. The van der Waals surface area contributed by atoms with Crippen molar-refractivity contribution in [2.75, 3.05) is 0 Å². The maximum atomic E-state index is 3.84. The average Bonchev–Trinajstić information content (AvgIpc) is 2.43. The third-order valence-corrected chi connectivity index (χ3v) is 3.12. The van der Waals surface area contributed by atoms with Crippen molar-refractivity contribution >= 4 is 35.1 Å². The molecule has 0 heterocycles. The molecule has 0 radical (unpaired) electrons. The summed E-state index contributed by atoms with van der Waals surface area (Å²) in [7, 11) is 0. The minimum atomic E-state index is 1.10. The van der Waals surface area contributed by atoms with Gasteiger partial charge in [0.15, 0.2) is 0 Å². The van der Waals surface area contributed by atoms with Gasteiger partial charge in [0.2, 0.25) is 0 Å². The second-order valence-corrected chi connectivity index (χ2v) is 4.13. The molecular weight excluding hydrogens is 216 g/mol. The van der Waals surface area contributed by atoms with Gasteiger partial charge in [-0.3, -0.25) is 0 Å². The molecule has 0 aliphatic heterocycles. The monoisotopic (exact) mass is 232 g/mol. The van der Waals surface area contributed by atoms with Crippen LogP contribution in [0, 0.1) is 0 Å². The number of fused-ring (bicyclic) bond motifs is 1. The topological polar surface area (TPSA) is 0 Å². The average molecular weight is 232 g/mol. The van der Waals surface area contributed by atoms with E-state index in [4.69, 9.17) is 0 Å². The van der Waals surface area contributed by atoms with E-state index in [0.717, 1.165) is 22.3 Å². The molecule has 0 aromatic heterocycles. The van der Waals surface area contributed by atoms with E-state index in [-0.39, 0.29) is 0 Å². The van der Waals surface area contributed by atoms with Gasteiger partial charge in [-0.1, -0.05) is 50.6 Å². The highest BCUT2D eigenvalue weighted by Crippen LogP contribution is 2.26. The molecule has 18 heavy (non-hydrogen) atoms. The van der Waals surface area contributed by atoms with E-state index in [1.807, 2.05) is 24.3 Å². The Morgan fingerprint density at radius 1 is 0.500 bits per heavy atom. The minimum absolute atomic E-state index is 1.10. The summed E-state index contributed by atoms with van der Waals surface area (Å²) in [6.07, 6.45) is 7.41. The van der Waals surface area contributed by atoms with Crippen LogP contribution in [0.1, 0.15) is 22.3 Å². The van der Waals surface area contributed by atoms with Crippen molar-refractivity contribution in [1.82, 2.24) is 0 Å². The molecule has 0 heteroatoms. The lowest BCUT2D eigenvalue weighted by molar-refractivity contribution is 1.63. The summed E-state index contributed by atoms with van der Waals surface area (Å²) in [5, 5.41) is 2.35. The van der Waals surface area contributed by atoms with Gasteiger partial charge in [0.05, 0.1) is 0 Å². The van der Waals surface area contributed by atoms with Gasteiger partial charge >= 0.3 is 0 Å². The largest absolute Gasteiger partial charge is 0.0984 e. The van der Waals surface area contributed by atoms with Crippen molar-refractivity contribution in [3.8, 4) is 0 Å². The fraction of sp³-hybridized carbons (Fsp3) is 0. The van der Waals surface area contributed by atoms with Crippen LogP contribution in [0.4, 0.5) is 0 Å². The third kappa shape index (κ3) is 1.93. The Morgan fingerprint density at radius 2 is 0.722 bits per heavy atom. The predicted octanol–water partition coefficient (Wildman–Crippen LogP) is 5.41. The Labute approximate surface area is 108 Å². The summed E-state index contributed by atoms with van der Waals surface area (Å²) < 4.78 is 0. The highest BCUT2D eigenvalue weighted by atomic mass is 14.1. The first-order valence-corrected chi connectivity index (χ1v) is 5.85. The molecular formula is C18H16. The molecule has 2 aromatic carbocycles. The van der Waals surface area contributed by atoms with Crippen molar-refractivity contribution in [3.63, 3.8) is 0 Å². The molecule has 0 saturated heterocycles. The van der Waals surface area contributed by atoms with Crippen molar-refractivity contribution in [1.29, 1.82) is 0 Å². The first kappa shape index (κ1) is 12.1. The normalized spacial score (nSPS) is 10.0.